The Hall–Kier alpha value is -2.43. The highest BCUT2D eigenvalue weighted by Gasteiger charge is 2.36. The van der Waals surface area contributed by atoms with Crippen molar-refractivity contribution in [3.63, 3.8) is 0 Å². The molecule has 2 amide bonds. The van der Waals surface area contributed by atoms with Gasteiger partial charge in [0.05, 0.1) is 0 Å². The van der Waals surface area contributed by atoms with Crippen LogP contribution in [-0.2, 0) is 4.79 Å². The summed E-state index contributed by atoms with van der Waals surface area (Å²) in [6.45, 7) is 4.90. The summed E-state index contributed by atoms with van der Waals surface area (Å²) < 4.78 is 0. The van der Waals surface area contributed by atoms with E-state index in [-0.39, 0.29) is 17.7 Å². The summed E-state index contributed by atoms with van der Waals surface area (Å²) in [7, 11) is 0. The molecule has 2 heterocycles. The molecular weight excluding hydrogens is 278 g/mol. The smallest absolute Gasteiger partial charge is 0.273 e. The van der Waals surface area contributed by atoms with Crippen molar-refractivity contribution in [2.45, 2.75) is 19.9 Å². The van der Waals surface area contributed by atoms with E-state index in [1.807, 2.05) is 44.2 Å². The SMILES string of the molecule is CC(C)[C@@H]1C(=O)NCCN1C(=O)c1nccc2ccccc12. The van der Waals surface area contributed by atoms with Crippen LogP contribution in [0.15, 0.2) is 36.5 Å². The lowest BCUT2D eigenvalue weighted by Crippen LogP contribution is -2.59. The molecule has 5 heteroatoms. The molecule has 3 rings (SSSR count). The van der Waals surface area contributed by atoms with Crippen molar-refractivity contribution in [3.8, 4) is 0 Å². The van der Waals surface area contributed by atoms with Gasteiger partial charge in [0.2, 0.25) is 5.91 Å². The van der Waals surface area contributed by atoms with Gasteiger partial charge >= 0.3 is 0 Å². The topological polar surface area (TPSA) is 62.3 Å². The minimum atomic E-state index is -0.443. The molecule has 1 aliphatic rings. The largest absolute Gasteiger partial charge is 0.353 e. The van der Waals surface area contributed by atoms with Crippen LogP contribution in [0.25, 0.3) is 10.8 Å². The molecular formula is C17H19N3O2. The number of piperazine rings is 1. The van der Waals surface area contributed by atoms with Crippen LogP contribution >= 0.6 is 0 Å². The molecule has 0 unspecified atom stereocenters. The third-order valence-electron chi connectivity index (χ3n) is 4.02. The van der Waals surface area contributed by atoms with Gasteiger partial charge in [0, 0.05) is 24.7 Å². The van der Waals surface area contributed by atoms with E-state index in [9.17, 15) is 9.59 Å². The van der Waals surface area contributed by atoms with Crippen LogP contribution in [0.3, 0.4) is 0 Å². The Morgan fingerprint density at radius 2 is 2.09 bits per heavy atom. The second-order valence-electron chi connectivity index (χ2n) is 5.86. The lowest BCUT2D eigenvalue weighted by atomic mass is 9.98. The number of nitrogens with zero attached hydrogens (tertiary/aromatic N) is 2. The third kappa shape index (κ3) is 2.43. The number of pyridine rings is 1. The van der Waals surface area contributed by atoms with Gasteiger partial charge in [-0.05, 0) is 17.4 Å². The summed E-state index contributed by atoms with van der Waals surface area (Å²) >= 11 is 0. The van der Waals surface area contributed by atoms with E-state index in [0.717, 1.165) is 10.8 Å². The number of hydrogen-bond donors (Lipinski definition) is 1. The number of carbonyl (C=O) groups is 2. The van der Waals surface area contributed by atoms with Gasteiger partial charge in [-0.25, -0.2) is 0 Å². The van der Waals surface area contributed by atoms with Crippen LogP contribution in [-0.4, -0.2) is 40.8 Å². The van der Waals surface area contributed by atoms with Crippen LogP contribution in [0.2, 0.25) is 0 Å². The minimum absolute atomic E-state index is 0.0548. The molecule has 0 spiro atoms. The number of carbonyl (C=O) groups excluding carboxylic acids is 2. The fourth-order valence-corrected chi connectivity index (χ4v) is 3.00. The zero-order valence-electron chi connectivity index (χ0n) is 12.7. The summed E-state index contributed by atoms with van der Waals surface area (Å²) in [6.07, 6.45) is 1.64. The lowest BCUT2D eigenvalue weighted by Gasteiger charge is -2.37. The Bertz CT molecular complexity index is 721. The van der Waals surface area contributed by atoms with Crippen molar-refractivity contribution < 1.29 is 9.59 Å². The van der Waals surface area contributed by atoms with Gasteiger partial charge in [-0.3, -0.25) is 14.6 Å². The standard InChI is InChI=1S/C17H19N3O2/c1-11(2)15-16(21)19-9-10-20(15)17(22)14-13-6-4-3-5-12(13)7-8-18-14/h3-8,11,15H,9-10H2,1-2H3,(H,19,21)/t15-/m1/s1. The fourth-order valence-electron chi connectivity index (χ4n) is 3.00. The molecule has 1 aliphatic heterocycles. The van der Waals surface area contributed by atoms with Crippen molar-refractivity contribution in [3.05, 3.63) is 42.2 Å². The van der Waals surface area contributed by atoms with E-state index in [1.54, 1.807) is 11.1 Å². The second-order valence-corrected chi connectivity index (χ2v) is 5.86. The van der Waals surface area contributed by atoms with Crippen LogP contribution in [0.1, 0.15) is 24.3 Å². The zero-order chi connectivity index (χ0) is 15.7. The van der Waals surface area contributed by atoms with Crippen LogP contribution in [0.5, 0.6) is 0 Å². The first kappa shape index (κ1) is 14.5. The molecule has 0 radical (unpaired) electrons. The number of aromatic nitrogens is 1. The average Bonchev–Trinajstić information content (AvgIpc) is 2.53. The molecule has 1 saturated heterocycles. The van der Waals surface area contributed by atoms with E-state index in [0.29, 0.717) is 18.8 Å². The summed E-state index contributed by atoms with van der Waals surface area (Å²) in [5, 5.41) is 4.63. The first-order valence-corrected chi connectivity index (χ1v) is 7.52. The quantitative estimate of drug-likeness (QED) is 0.920. The highest BCUT2D eigenvalue weighted by Crippen LogP contribution is 2.21. The lowest BCUT2D eigenvalue weighted by molar-refractivity contribution is -0.129. The summed E-state index contributed by atoms with van der Waals surface area (Å²) in [5.41, 5.74) is 0.415. The molecule has 0 bridgehead atoms. The van der Waals surface area contributed by atoms with Gasteiger partial charge < -0.3 is 10.2 Å². The molecule has 1 atom stereocenters. The molecule has 5 nitrogen and oxygen atoms in total. The Morgan fingerprint density at radius 1 is 1.32 bits per heavy atom. The molecule has 1 fully saturated rings. The Balaban J connectivity index is 2.03. The van der Waals surface area contributed by atoms with Crippen LogP contribution in [0, 0.1) is 5.92 Å². The summed E-state index contributed by atoms with van der Waals surface area (Å²) in [6, 6.07) is 9.11. The predicted octanol–water partition coefficient (Wildman–Crippen LogP) is 1.83. The maximum atomic E-state index is 13.0. The van der Waals surface area contributed by atoms with Gasteiger partial charge in [-0.2, -0.15) is 0 Å². The summed E-state index contributed by atoms with van der Waals surface area (Å²) in [5.74, 6) is -0.209. The number of rotatable bonds is 2. The summed E-state index contributed by atoms with van der Waals surface area (Å²) in [4.78, 5) is 31.0. The molecule has 1 aromatic carbocycles. The molecule has 2 aromatic rings. The highest BCUT2D eigenvalue weighted by molar-refractivity contribution is 6.06. The van der Waals surface area contributed by atoms with Gasteiger partial charge in [0.15, 0.2) is 0 Å². The minimum Gasteiger partial charge on any atom is -0.353 e. The number of nitrogens with one attached hydrogen (secondary N) is 1. The Kier molecular flexibility index (Phi) is 3.79. The van der Waals surface area contributed by atoms with Gasteiger partial charge in [0.1, 0.15) is 11.7 Å². The monoisotopic (exact) mass is 297 g/mol. The number of amides is 2. The number of fused-ring (bicyclic) bond motifs is 1. The van der Waals surface area contributed by atoms with Gasteiger partial charge in [0.25, 0.3) is 5.91 Å². The van der Waals surface area contributed by atoms with Gasteiger partial charge in [-0.1, -0.05) is 38.1 Å². The predicted molar refractivity (Wildman–Crippen MR) is 84.4 cm³/mol. The van der Waals surface area contributed by atoms with E-state index in [1.165, 1.54) is 0 Å². The zero-order valence-corrected chi connectivity index (χ0v) is 12.7. The van der Waals surface area contributed by atoms with E-state index in [4.69, 9.17) is 0 Å². The van der Waals surface area contributed by atoms with Crippen molar-refractivity contribution >= 4 is 22.6 Å². The van der Waals surface area contributed by atoms with Crippen molar-refractivity contribution in [2.75, 3.05) is 13.1 Å². The molecule has 22 heavy (non-hydrogen) atoms. The number of benzene rings is 1. The molecule has 1 N–H and O–H groups in total. The maximum absolute atomic E-state index is 13.0. The normalized spacial score (nSPS) is 18.6. The average molecular weight is 297 g/mol. The van der Waals surface area contributed by atoms with E-state index < -0.39 is 6.04 Å². The van der Waals surface area contributed by atoms with Crippen LogP contribution in [0.4, 0.5) is 0 Å². The highest BCUT2D eigenvalue weighted by atomic mass is 16.2. The molecule has 0 saturated carbocycles. The van der Waals surface area contributed by atoms with Crippen molar-refractivity contribution in [1.82, 2.24) is 15.2 Å². The molecule has 0 aliphatic carbocycles. The molecule has 114 valence electrons. The fraction of sp³-hybridized carbons (Fsp3) is 0.353. The first-order valence-electron chi connectivity index (χ1n) is 7.52. The van der Waals surface area contributed by atoms with Crippen molar-refractivity contribution in [2.24, 2.45) is 5.92 Å². The first-order chi connectivity index (χ1) is 10.6. The third-order valence-corrected chi connectivity index (χ3v) is 4.02. The van der Waals surface area contributed by atoms with E-state index >= 15 is 0 Å². The van der Waals surface area contributed by atoms with E-state index in [2.05, 4.69) is 10.3 Å². The van der Waals surface area contributed by atoms with Crippen LogP contribution < -0.4 is 5.32 Å². The molecule has 1 aromatic heterocycles. The second kappa shape index (κ2) is 5.75. The Morgan fingerprint density at radius 3 is 2.86 bits per heavy atom. The Labute approximate surface area is 129 Å². The van der Waals surface area contributed by atoms with Crippen molar-refractivity contribution in [1.29, 1.82) is 0 Å². The number of hydrogen-bond acceptors (Lipinski definition) is 3. The maximum Gasteiger partial charge on any atom is 0.273 e. The van der Waals surface area contributed by atoms with Gasteiger partial charge in [-0.15, -0.1) is 0 Å².